The maximum absolute atomic E-state index is 12.4. The summed E-state index contributed by atoms with van der Waals surface area (Å²) in [6, 6.07) is 7.74. The van der Waals surface area contributed by atoms with Crippen molar-refractivity contribution in [1.29, 1.82) is 0 Å². The fourth-order valence-electron chi connectivity index (χ4n) is 1.69. The van der Waals surface area contributed by atoms with Gasteiger partial charge in [0.05, 0.1) is 6.10 Å². The minimum atomic E-state index is -0.518. The highest BCUT2D eigenvalue weighted by Crippen LogP contribution is 2.22. The lowest BCUT2D eigenvalue weighted by Crippen LogP contribution is -2.39. The second kappa shape index (κ2) is 7.51. The van der Waals surface area contributed by atoms with E-state index in [0.717, 1.165) is 11.3 Å². The van der Waals surface area contributed by atoms with E-state index in [4.69, 9.17) is 16.3 Å². The van der Waals surface area contributed by atoms with E-state index in [1.165, 1.54) is 0 Å². The van der Waals surface area contributed by atoms with Gasteiger partial charge in [0.15, 0.2) is 0 Å². The number of para-hydroxylation sites is 1. The zero-order chi connectivity index (χ0) is 14.4. The molecular formula is C15H22ClNO2. The molecule has 106 valence electrons. The van der Waals surface area contributed by atoms with Crippen LogP contribution in [0.25, 0.3) is 0 Å². The molecule has 0 aliphatic carbocycles. The van der Waals surface area contributed by atoms with E-state index in [1.807, 2.05) is 52.0 Å². The lowest BCUT2D eigenvalue weighted by atomic mass is 10.1. The lowest BCUT2D eigenvalue weighted by molar-refractivity contribution is -0.119. The normalized spacial score (nSPS) is 12.5. The Kier molecular flexibility index (Phi) is 6.32. The highest BCUT2D eigenvalue weighted by atomic mass is 35.5. The third-order valence-electron chi connectivity index (χ3n) is 2.84. The number of ether oxygens (including phenoxy) is 1. The van der Waals surface area contributed by atoms with Gasteiger partial charge in [-0.3, -0.25) is 9.69 Å². The molecule has 3 nitrogen and oxygen atoms in total. The monoisotopic (exact) mass is 283 g/mol. The molecule has 0 aliphatic rings. The van der Waals surface area contributed by atoms with Crippen LogP contribution in [0.4, 0.5) is 5.69 Å². The molecule has 0 spiro atoms. The molecule has 1 atom stereocenters. The minimum absolute atomic E-state index is 0.0646. The predicted octanol–water partition coefficient (Wildman–Crippen LogP) is 3.73. The Labute approximate surface area is 120 Å². The van der Waals surface area contributed by atoms with E-state index in [2.05, 4.69) is 0 Å². The van der Waals surface area contributed by atoms with E-state index >= 15 is 0 Å². The molecule has 0 heterocycles. The topological polar surface area (TPSA) is 29.5 Å². The van der Waals surface area contributed by atoms with Crippen molar-refractivity contribution in [3.8, 4) is 0 Å². The number of aryl methyl sites for hydroxylation is 1. The van der Waals surface area contributed by atoms with Crippen LogP contribution in [0.15, 0.2) is 24.3 Å². The van der Waals surface area contributed by atoms with Gasteiger partial charge in [0, 0.05) is 5.69 Å². The van der Waals surface area contributed by atoms with Gasteiger partial charge in [-0.25, -0.2) is 0 Å². The van der Waals surface area contributed by atoms with E-state index < -0.39 is 5.38 Å². The van der Waals surface area contributed by atoms with Crippen molar-refractivity contribution in [1.82, 2.24) is 0 Å². The van der Waals surface area contributed by atoms with Gasteiger partial charge in [-0.05, 0) is 38.8 Å². The van der Waals surface area contributed by atoms with Gasteiger partial charge in [0.1, 0.15) is 12.1 Å². The second-order valence-corrected chi connectivity index (χ2v) is 5.30. The molecule has 0 N–H and O–H groups in total. The van der Waals surface area contributed by atoms with Crippen LogP contribution < -0.4 is 4.90 Å². The molecule has 0 fully saturated rings. The van der Waals surface area contributed by atoms with Crippen LogP contribution in [0.1, 0.15) is 32.8 Å². The van der Waals surface area contributed by atoms with Crippen LogP contribution in [0.2, 0.25) is 0 Å². The fourth-order valence-corrected chi connectivity index (χ4v) is 1.80. The molecule has 0 aromatic heterocycles. The SMILES string of the molecule is CCC(Cl)C(=O)N(COC(C)C)c1ccccc1C. The van der Waals surface area contributed by atoms with Gasteiger partial charge in [-0.2, -0.15) is 0 Å². The maximum atomic E-state index is 12.4. The smallest absolute Gasteiger partial charge is 0.246 e. The van der Waals surface area contributed by atoms with Gasteiger partial charge in [0.2, 0.25) is 5.91 Å². The molecule has 1 amide bonds. The van der Waals surface area contributed by atoms with Crippen LogP contribution >= 0.6 is 11.6 Å². The summed E-state index contributed by atoms with van der Waals surface area (Å²) < 4.78 is 5.58. The Morgan fingerprint density at radius 3 is 2.53 bits per heavy atom. The van der Waals surface area contributed by atoms with Crippen molar-refractivity contribution in [3.05, 3.63) is 29.8 Å². The third kappa shape index (κ3) is 4.51. The van der Waals surface area contributed by atoms with E-state index in [1.54, 1.807) is 4.90 Å². The van der Waals surface area contributed by atoms with Gasteiger partial charge in [-0.1, -0.05) is 25.1 Å². The zero-order valence-electron chi connectivity index (χ0n) is 12.0. The number of alkyl halides is 1. The minimum Gasteiger partial charge on any atom is -0.358 e. The van der Waals surface area contributed by atoms with Gasteiger partial charge in [-0.15, -0.1) is 11.6 Å². The standard InChI is InChI=1S/C15H22ClNO2/c1-5-13(16)15(18)17(10-19-11(2)3)14-9-7-6-8-12(14)4/h6-9,11,13H,5,10H2,1-4H3. The molecule has 0 radical (unpaired) electrons. The van der Waals surface area contributed by atoms with Gasteiger partial charge < -0.3 is 4.74 Å². The zero-order valence-corrected chi connectivity index (χ0v) is 12.8. The number of rotatable bonds is 6. The quantitative estimate of drug-likeness (QED) is 0.588. The second-order valence-electron chi connectivity index (χ2n) is 4.77. The van der Waals surface area contributed by atoms with Crippen LogP contribution in [0.5, 0.6) is 0 Å². The molecule has 1 rings (SSSR count). The molecule has 0 aliphatic heterocycles. The summed E-state index contributed by atoms with van der Waals surface area (Å²) in [4.78, 5) is 14.0. The number of halogens is 1. The Bertz CT molecular complexity index is 420. The number of carbonyl (C=O) groups is 1. The first-order valence-electron chi connectivity index (χ1n) is 6.60. The van der Waals surface area contributed by atoms with E-state index in [0.29, 0.717) is 6.42 Å². The van der Waals surface area contributed by atoms with Crippen molar-refractivity contribution in [3.63, 3.8) is 0 Å². The molecule has 4 heteroatoms. The van der Waals surface area contributed by atoms with E-state index in [9.17, 15) is 4.79 Å². The fraction of sp³-hybridized carbons (Fsp3) is 0.533. The average molecular weight is 284 g/mol. The number of hydrogen-bond donors (Lipinski definition) is 0. The summed E-state index contributed by atoms with van der Waals surface area (Å²) in [6.45, 7) is 7.98. The van der Waals surface area contributed by atoms with Gasteiger partial charge >= 0.3 is 0 Å². The first-order chi connectivity index (χ1) is 8.97. The Morgan fingerprint density at radius 2 is 2.00 bits per heavy atom. The Morgan fingerprint density at radius 1 is 1.37 bits per heavy atom. The summed E-state index contributed by atoms with van der Waals surface area (Å²) in [5, 5.41) is -0.518. The summed E-state index contributed by atoms with van der Waals surface area (Å²) in [7, 11) is 0. The lowest BCUT2D eigenvalue weighted by Gasteiger charge is -2.27. The molecule has 1 aromatic carbocycles. The number of amides is 1. The van der Waals surface area contributed by atoms with Crippen LogP contribution in [0.3, 0.4) is 0 Å². The first kappa shape index (κ1) is 16.0. The maximum Gasteiger partial charge on any atom is 0.246 e. The highest BCUT2D eigenvalue weighted by molar-refractivity contribution is 6.32. The molecule has 0 bridgehead atoms. The number of nitrogens with zero attached hydrogens (tertiary/aromatic N) is 1. The third-order valence-corrected chi connectivity index (χ3v) is 3.33. The van der Waals surface area contributed by atoms with Crippen LogP contribution in [-0.2, 0) is 9.53 Å². The van der Waals surface area contributed by atoms with Crippen LogP contribution in [-0.4, -0.2) is 24.1 Å². The summed E-state index contributed by atoms with van der Waals surface area (Å²) in [6.07, 6.45) is 0.666. The van der Waals surface area contributed by atoms with Crippen molar-refractivity contribution in [2.24, 2.45) is 0 Å². The summed E-state index contributed by atoms with van der Waals surface area (Å²) in [5.74, 6) is -0.112. The molecular weight excluding hydrogens is 262 g/mol. The largest absolute Gasteiger partial charge is 0.358 e. The average Bonchev–Trinajstić information content (AvgIpc) is 2.39. The highest BCUT2D eigenvalue weighted by Gasteiger charge is 2.23. The summed E-state index contributed by atoms with van der Waals surface area (Å²) >= 11 is 6.08. The number of hydrogen-bond acceptors (Lipinski definition) is 2. The molecule has 0 saturated carbocycles. The summed E-state index contributed by atoms with van der Waals surface area (Å²) in [5.41, 5.74) is 1.88. The number of benzene rings is 1. The molecule has 1 aromatic rings. The number of carbonyl (C=O) groups excluding carboxylic acids is 1. The molecule has 1 unspecified atom stereocenters. The van der Waals surface area contributed by atoms with Crippen molar-refractivity contribution >= 4 is 23.2 Å². The Hall–Kier alpha value is -1.06. The molecule has 19 heavy (non-hydrogen) atoms. The molecule has 0 saturated heterocycles. The predicted molar refractivity (Wildman–Crippen MR) is 79.7 cm³/mol. The first-order valence-corrected chi connectivity index (χ1v) is 7.03. The van der Waals surface area contributed by atoms with Crippen molar-refractivity contribution in [2.75, 3.05) is 11.6 Å². The Balaban J connectivity index is 2.98. The van der Waals surface area contributed by atoms with Crippen molar-refractivity contribution < 1.29 is 9.53 Å². The number of anilines is 1. The van der Waals surface area contributed by atoms with E-state index in [-0.39, 0.29) is 18.7 Å². The van der Waals surface area contributed by atoms with Gasteiger partial charge in [0.25, 0.3) is 0 Å². The van der Waals surface area contributed by atoms with Crippen molar-refractivity contribution in [2.45, 2.75) is 45.6 Å². The van der Waals surface area contributed by atoms with Crippen LogP contribution in [0, 0.1) is 6.92 Å².